The molecular weight excluding hydrogens is 500 g/mol. The number of alkyl halides is 6. The minimum absolute atomic E-state index is 0.0509. The Morgan fingerprint density at radius 1 is 0.865 bits per heavy atom. The quantitative estimate of drug-likeness (QED) is 0.574. The van der Waals surface area contributed by atoms with Gasteiger partial charge in [0.15, 0.2) is 0 Å². The Morgan fingerprint density at radius 3 is 2.03 bits per heavy atom. The molecule has 2 heterocycles. The molecule has 1 N–H and O–H groups in total. The average molecular weight is 525 g/mol. The summed E-state index contributed by atoms with van der Waals surface area (Å²) in [6, 6.07) is 9.45. The monoisotopic (exact) mass is 525 g/mol. The van der Waals surface area contributed by atoms with Crippen molar-refractivity contribution in [1.29, 1.82) is 0 Å². The van der Waals surface area contributed by atoms with Gasteiger partial charge in [0.25, 0.3) is 0 Å². The van der Waals surface area contributed by atoms with Crippen LogP contribution >= 0.6 is 0 Å². The minimum Gasteiger partial charge on any atom is -0.319 e. The molecule has 2 amide bonds. The molecule has 1 fully saturated rings. The van der Waals surface area contributed by atoms with E-state index in [4.69, 9.17) is 0 Å². The van der Waals surface area contributed by atoms with Crippen LogP contribution in [0.15, 0.2) is 60.9 Å². The van der Waals surface area contributed by atoms with Gasteiger partial charge in [0, 0.05) is 25.4 Å². The third-order valence-corrected chi connectivity index (χ3v) is 6.86. The van der Waals surface area contributed by atoms with Crippen LogP contribution in [0, 0.1) is 11.8 Å². The SMILES string of the molecule is CC1CNC2C(=O)N(C)C=CN(Cc3cc(C(F)(F)F)cc(C(F)(F)F)c3)C(=O)C2C1c1ccccc1. The second-order valence-corrected chi connectivity index (χ2v) is 9.45. The first-order chi connectivity index (χ1) is 17.3. The van der Waals surface area contributed by atoms with Crippen molar-refractivity contribution >= 4 is 11.8 Å². The summed E-state index contributed by atoms with van der Waals surface area (Å²) in [7, 11) is 1.48. The van der Waals surface area contributed by atoms with E-state index in [9.17, 15) is 35.9 Å². The summed E-state index contributed by atoms with van der Waals surface area (Å²) < 4.78 is 80.4. The van der Waals surface area contributed by atoms with Crippen molar-refractivity contribution in [3.05, 3.63) is 83.2 Å². The van der Waals surface area contributed by atoms with Gasteiger partial charge in [0.1, 0.15) is 0 Å². The highest BCUT2D eigenvalue weighted by atomic mass is 19.4. The lowest BCUT2D eigenvalue weighted by Crippen LogP contribution is -2.60. The third kappa shape index (κ3) is 5.51. The van der Waals surface area contributed by atoms with E-state index in [1.807, 2.05) is 25.1 Å². The van der Waals surface area contributed by atoms with Crippen LogP contribution in [0.25, 0.3) is 0 Å². The molecule has 2 aliphatic heterocycles. The fourth-order valence-electron chi connectivity index (χ4n) is 5.05. The molecule has 11 heteroatoms. The number of hydrogen-bond acceptors (Lipinski definition) is 3. The highest BCUT2D eigenvalue weighted by Crippen LogP contribution is 2.40. The maximum atomic E-state index is 13.9. The molecule has 4 rings (SSSR count). The van der Waals surface area contributed by atoms with Crippen molar-refractivity contribution in [2.75, 3.05) is 13.6 Å². The van der Waals surface area contributed by atoms with Crippen LogP contribution in [-0.2, 0) is 28.5 Å². The molecular formula is C26H25F6N3O2. The Hall–Kier alpha value is -3.34. The summed E-state index contributed by atoms with van der Waals surface area (Å²) in [6.07, 6.45) is -7.51. The van der Waals surface area contributed by atoms with Gasteiger partial charge >= 0.3 is 12.4 Å². The van der Waals surface area contributed by atoms with Crippen molar-refractivity contribution in [2.45, 2.75) is 37.8 Å². The first-order valence-electron chi connectivity index (χ1n) is 11.6. The number of benzene rings is 2. The van der Waals surface area contributed by atoms with E-state index in [2.05, 4.69) is 5.32 Å². The lowest BCUT2D eigenvalue weighted by molar-refractivity contribution is -0.145. The average Bonchev–Trinajstić information content (AvgIpc) is 2.84. The number of nitrogens with one attached hydrogen (secondary N) is 1. The van der Waals surface area contributed by atoms with E-state index in [0.717, 1.165) is 10.5 Å². The Bertz CT molecular complexity index is 1160. The number of rotatable bonds is 3. The lowest BCUT2D eigenvalue weighted by atomic mass is 9.70. The van der Waals surface area contributed by atoms with Gasteiger partial charge in [-0.3, -0.25) is 9.59 Å². The molecule has 2 aromatic rings. The fourth-order valence-corrected chi connectivity index (χ4v) is 5.05. The highest BCUT2D eigenvalue weighted by molar-refractivity contribution is 5.92. The van der Waals surface area contributed by atoms with Gasteiger partial charge in [-0.05, 0) is 41.8 Å². The van der Waals surface area contributed by atoms with Crippen molar-refractivity contribution in [3.8, 4) is 0 Å². The topological polar surface area (TPSA) is 52.7 Å². The van der Waals surface area contributed by atoms with Gasteiger partial charge in [-0.2, -0.15) is 26.3 Å². The lowest BCUT2D eigenvalue weighted by Gasteiger charge is -2.44. The number of piperidine rings is 1. The summed E-state index contributed by atoms with van der Waals surface area (Å²) >= 11 is 0. The second kappa shape index (κ2) is 9.85. The van der Waals surface area contributed by atoms with Gasteiger partial charge in [0.2, 0.25) is 11.8 Å². The minimum atomic E-state index is -5.01. The summed E-state index contributed by atoms with van der Waals surface area (Å²) in [5.74, 6) is -2.35. The van der Waals surface area contributed by atoms with Gasteiger partial charge in [-0.15, -0.1) is 0 Å². The van der Waals surface area contributed by atoms with Crippen LogP contribution in [-0.4, -0.2) is 41.2 Å². The zero-order chi connectivity index (χ0) is 27.1. The molecule has 0 bridgehead atoms. The van der Waals surface area contributed by atoms with Crippen LogP contribution in [0.4, 0.5) is 26.3 Å². The fraction of sp³-hybridized carbons (Fsp3) is 0.385. The molecule has 5 nitrogen and oxygen atoms in total. The number of likely N-dealkylation sites (N-methyl/N-ethyl adjacent to an activating group) is 1. The number of carbonyl (C=O) groups excluding carboxylic acids is 2. The number of nitrogens with zero attached hydrogens (tertiary/aromatic N) is 2. The predicted molar refractivity (Wildman–Crippen MR) is 123 cm³/mol. The van der Waals surface area contributed by atoms with Crippen LogP contribution in [0.5, 0.6) is 0 Å². The molecule has 0 aromatic heterocycles. The van der Waals surface area contributed by atoms with E-state index >= 15 is 0 Å². The number of halogens is 6. The van der Waals surface area contributed by atoms with E-state index in [1.54, 1.807) is 12.1 Å². The number of carbonyl (C=O) groups is 2. The molecule has 4 unspecified atom stereocenters. The van der Waals surface area contributed by atoms with Gasteiger partial charge in [-0.25, -0.2) is 0 Å². The van der Waals surface area contributed by atoms with E-state index in [1.165, 1.54) is 24.3 Å². The van der Waals surface area contributed by atoms with Crippen molar-refractivity contribution in [1.82, 2.24) is 15.1 Å². The molecule has 37 heavy (non-hydrogen) atoms. The van der Waals surface area contributed by atoms with E-state index < -0.39 is 53.8 Å². The zero-order valence-corrected chi connectivity index (χ0v) is 20.0. The Kier molecular flexibility index (Phi) is 7.11. The second-order valence-electron chi connectivity index (χ2n) is 9.45. The maximum absolute atomic E-state index is 13.9. The molecule has 198 valence electrons. The largest absolute Gasteiger partial charge is 0.416 e. The number of fused-ring (bicyclic) bond motifs is 1. The molecule has 0 spiro atoms. The predicted octanol–water partition coefficient (Wildman–Crippen LogP) is 5.00. The molecule has 0 saturated carbocycles. The first-order valence-corrected chi connectivity index (χ1v) is 11.6. The number of hydrogen-bond donors (Lipinski definition) is 1. The van der Waals surface area contributed by atoms with Gasteiger partial charge in [-0.1, -0.05) is 37.3 Å². The normalized spacial score (nSPS) is 25.1. The van der Waals surface area contributed by atoms with Crippen molar-refractivity contribution in [3.63, 3.8) is 0 Å². The summed E-state index contributed by atoms with van der Waals surface area (Å²) in [6.45, 7) is 1.83. The van der Waals surface area contributed by atoms with Crippen LogP contribution in [0.2, 0.25) is 0 Å². The standard InChI is InChI=1S/C26H25F6N3O2/c1-15-13-33-22-21(20(15)17-6-4-3-5-7-17)23(36)35(9-8-34(2)24(22)37)14-16-10-18(25(27,28)29)12-19(11-16)26(30,31)32/h3-12,15,20-22,33H,13-14H2,1-2H3. The Morgan fingerprint density at radius 2 is 1.46 bits per heavy atom. The van der Waals surface area contributed by atoms with Crippen LogP contribution < -0.4 is 5.32 Å². The summed E-state index contributed by atoms with van der Waals surface area (Å²) in [4.78, 5) is 29.4. The summed E-state index contributed by atoms with van der Waals surface area (Å²) in [5, 5.41) is 3.12. The Balaban J connectivity index is 1.78. The molecule has 4 atom stereocenters. The molecule has 2 aliphatic rings. The zero-order valence-electron chi connectivity index (χ0n) is 20.0. The van der Waals surface area contributed by atoms with E-state index in [-0.39, 0.29) is 23.5 Å². The van der Waals surface area contributed by atoms with Crippen molar-refractivity contribution in [2.24, 2.45) is 11.8 Å². The third-order valence-electron chi connectivity index (χ3n) is 6.86. The van der Waals surface area contributed by atoms with Crippen molar-refractivity contribution < 1.29 is 35.9 Å². The highest BCUT2D eigenvalue weighted by Gasteiger charge is 2.48. The molecule has 0 aliphatic carbocycles. The number of amides is 2. The van der Waals surface area contributed by atoms with Gasteiger partial charge in [0.05, 0.1) is 29.6 Å². The first kappa shape index (κ1) is 26.7. The summed E-state index contributed by atoms with van der Waals surface area (Å²) in [5.41, 5.74) is -2.43. The molecule has 0 radical (unpaired) electrons. The van der Waals surface area contributed by atoms with Crippen LogP contribution in [0.1, 0.15) is 35.1 Å². The van der Waals surface area contributed by atoms with Gasteiger partial charge < -0.3 is 15.1 Å². The van der Waals surface area contributed by atoms with E-state index in [0.29, 0.717) is 18.7 Å². The smallest absolute Gasteiger partial charge is 0.319 e. The maximum Gasteiger partial charge on any atom is 0.416 e. The molecule has 1 saturated heterocycles. The molecule has 2 aromatic carbocycles. The van der Waals surface area contributed by atoms with Crippen LogP contribution in [0.3, 0.4) is 0 Å². The Labute approximate surface area is 209 Å².